The monoisotopic (exact) mass is 214 g/mol. The van der Waals surface area contributed by atoms with Crippen molar-refractivity contribution in [1.82, 2.24) is 14.5 Å². The second kappa shape index (κ2) is 6.05. The summed E-state index contributed by atoms with van der Waals surface area (Å²) in [4.78, 5) is 8.29. The van der Waals surface area contributed by atoms with Crippen molar-refractivity contribution >= 4 is 0 Å². The second-order valence-electron chi connectivity index (χ2n) is 3.76. The van der Waals surface area contributed by atoms with Crippen molar-refractivity contribution in [2.75, 3.05) is 0 Å². The summed E-state index contributed by atoms with van der Waals surface area (Å²) < 4.78 is 2.11. The van der Waals surface area contributed by atoms with E-state index in [1.54, 1.807) is 0 Å². The van der Waals surface area contributed by atoms with E-state index in [0.717, 1.165) is 31.5 Å². The quantitative estimate of drug-likeness (QED) is 0.692. The molecule has 0 aromatic carbocycles. The van der Waals surface area contributed by atoms with Crippen molar-refractivity contribution < 1.29 is 0 Å². The Labute approximate surface area is 96.2 Å². The summed E-state index contributed by atoms with van der Waals surface area (Å²) in [5, 5.41) is 0. The van der Waals surface area contributed by atoms with Crippen molar-refractivity contribution in [1.29, 1.82) is 0 Å². The van der Waals surface area contributed by atoms with Gasteiger partial charge in [-0.15, -0.1) is 0 Å². The number of unbranched alkanes of at least 4 members (excludes halogenated alkanes) is 2. The molecule has 0 spiro atoms. The molecule has 0 atom stereocenters. The molecule has 2 aromatic rings. The molecule has 2 heterocycles. The van der Waals surface area contributed by atoms with Gasteiger partial charge in [-0.2, -0.15) is 0 Å². The predicted molar refractivity (Wildman–Crippen MR) is 63.7 cm³/mol. The molecule has 0 aliphatic heterocycles. The average molecular weight is 214 g/mol. The minimum Gasteiger partial charge on any atom is -0.337 e. The lowest BCUT2D eigenvalue weighted by atomic mass is 10.1. The molecule has 3 nitrogen and oxygen atoms in total. The van der Waals surface area contributed by atoms with E-state index < -0.39 is 0 Å². The summed E-state index contributed by atoms with van der Waals surface area (Å²) in [5.41, 5.74) is 1.14. The van der Waals surface area contributed by atoms with Crippen LogP contribution in [0.1, 0.15) is 18.5 Å². The zero-order valence-corrected chi connectivity index (χ0v) is 9.29. The molecular weight excluding hydrogens is 198 g/mol. The van der Waals surface area contributed by atoms with Crippen LogP contribution in [0.2, 0.25) is 0 Å². The SMILES string of the molecule is [CH](CCCn1ccnc1)Cc1ccccn1. The minimum atomic E-state index is 0.963. The van der Waals surface area contributed by atoms with Gasteiger partial charge in [-0.25, -0.2) is 4.98 Å². The Morgan fingerprint density at radius 3 is 3.00 bits per heavy atom. The minimum absolute atomic E-state index is 0.963. The summed E-state index contributed by atoms with van der Waals surface area (Å²) in [7, 11) is 0. The van der Waals surface area contributed by atoms with Gasteiger partial charge in [0, 0.05) is 30.8 Å². The Bertz CT molecular complexity index is 381. The Morgan fingerprint density at radius 2 is 2.25 bits per heavy atom. The van der Waals surface area contributed by atoms with Crippen LogP contribution in [0.5, 0.6) is 0 Å². The zero-order valence-electron chi connectivity index (χ0n) is 9.29. The fourth-order valence-corrected chi connectivity index (χ4v) is 1.61. The molecule has 83 valence electrons. The van der Waals surface area contributed by atoms with Crippen LogP contribution in [0.15, 0.2) is 43.1 Å². The van der Waals surface area contributed by atoms with E-state index in [0.29, 0.717) is 0 Å². The summed E-state index contributed by atoms with van der Waals surface area (Å²) in [6.45, 7) is 1.04. The van der Waals surface area contributed by atoms with Crippen LogP contribution in [-0.4, -0.2) is 14.5 Å². The first kappa shape index (κ1) is 10.9. The molecule has 0 aliphatic rings. The maximum atomic E-state index is 4.28. The number of rotatable bonds is 6. The van der Waals surface area contributed by atoms with Crippen LogP contribution in [0.25, 0.3) is 0 Å². The zero-order chi connectivity index (χ0) is 11.1. The lowest BCUT2D eigenvalue weighted by Gasteiger charge is -2.02. The molecule has 0 saturated heterocycles. The number of imidazole rings is 1. The number of aromatic nitrogens is 3. The normalized spacial score (nSPS) is 10.5. The van der Waals surface area contributed by atoms with Gasteiger partial charge in [0.15, 0.2) is 0 Å². The van der Waals surface area contributed by atoms with Crippen molar-refractivity contribution in [3.05, 3.63) is 55.2 Å². The highest BCUT2D eigenvalue weighted by atomic mass is 15.0. The van der Waals surface area contributed by atoms with Crippen LogP contribution in [0, 0.1) is 6.42 Å². The molecule has 16 heavy (non-hydrogen) atoms. The van der Waals surface area contributed by atoms with Gasteiger partial charge in [0.25, 0.3) is 0 Å². The van der Waals surface area contributed by atoms with Crippen LogP contribution in [0.4, 0.5) is 0 Å². The topological polar surface area (TPSA) is 30.7 Å². The van der Waals surface area contributed by atoms with E-state index in [2.05, 4.69) is 27.0 Å². The summed E-state index contributed by atoms with van der Waals surface area (Å²) in [6.07, 6.45) is 13.0. The maximum absolute atomic E-state index is 4.28. The lowest BCUT2D eigenvalue weighted by molar-refractivity contribution is 0.632. The highest BCUT2D eigenvalue weighted by Crippen LogP contribution is 2.03. The van der Waals surface area contributed by atoms with Gasteiger partial charge in [0.2, 0.25) is 0 Å². The summed E-state index contributed by atoms with van der Waals surface area (Å²) in [6, 6.07) is 6.04. The lowest BCUT2D eigenvalue weighted by Crippen LogP contribution is -1.95. The van der Waals surface area contributed by atoms with E-state index in [1.165, 1.54) is 0 Å². The van der Waals surface area contributed by atoms with E-state index in [4.69, 9.17) is 0 Å². The predicted octanol–water partition coefficient (Wildman–Crippen LogP) is 2.51. The Hall–Kier alpha value is -1.64. The molecule has 3 heteroatoms. The standard InChI is InChI=1S/C13H16N3/c1(5-10-16-11-9-14-12-16)2-6-13-7-3-4-8-15-13/h2-4,7-9,11-12H,1,5-6,10H2. The van der Waals surface area contributed by atoms with Crippen molar-refractivity contribution in [2.24, 2.45) is 0 Å². The van der Waals surface area contributed by atoms with Gasteiger partial charge in [-0.05, 0) is 37.8 Å². The third kappa shape index (κ3) is 3.50. The number of hydrogen-bond acceptors (Lipinski definition) is 2. The van der Waals surface area contributed by atoms with Gasteiger partial charge in [0.05, 0.1) is 6.33 Å². The molecule has 0 fully saturated rings. The van der Waals surface area contributed by atoms with Gasteiger partial charge in [-0.1, -0.05) is 6.07 Å². The Morgan fingerprint density at radius 1 is 1.25 bits per heavy atom. The third-order valence-electron chi connectivity index (χ3n) is 2.46. The first-order chi connectivity index (χ1) is 7.95. The van der Waals surface area contributed by atoms with Gasteiger partial charge < -0.3 is 4.57 Å². The van der Waals surface area contributed by atoms with Crippen LogP contribution >= 0.6 is 0 Å². The van der Waals surface area contributed by atoms with Crippen molar-refractivity contribution in [3.63, 3.8) is 0 Å². The van der Waals surface area contributed by atoms with Gasteiger partial charge in [0.1, 0.15) is 0 Å². The highest BCUT2D eigenvalue weighted by molar-refractivity contribution is 5.05. The van der Waals surface area contributed by atoms with E-state index >= 15 is 0 Å². The number of hydrogen-bond donors (Lipinski definition) is 0. The molecule has 0 saturated carbocycles. The smallest absolute Gasteiger partial charge is 0.0945 e. The average Bonchev–Trinajstić information content (AvgIpc) is 2.83. The van der Waals surface area contributed by atoms with Crippen molar-refractivity contribution in [2.45, 2.75) is 25.8 Å². The van der Waals surface area contributed by atoms with E-state index in [9.17, 15) is 0 Å². The van der Waals surface area contributed by atoms with Crippen molar-refractivity contribution in [3.8, 4) is 0 Å². The molecule has 0 amide bonds. The first-order valence-electron chi connectivity index (χ1n) is 5.62. The second-order valence-corrected chi connectivity index (χ2v) is 3.76. The highest BCUT2D eigenvalue weighted by Gasteiger charge is 1.94. The fraction of sp³-hybridized carbons (Fsp3) is 0.308. The molecular formula is C13H16N3. The molecule has 0 unspecified atom stereocenters. The molecule has 2 rings (SSSR count). The van der Waals surface area contributed by atoms with E-state index in [1.807, 2.05) is 37.1 Å². The van der Waals surface area contributed by atoms with Crippen LogP contribution < -0.4 is 0 Å². The Kier molecular flexibility index (Phi) is 4.11. The summed E-state index contributed by atoms with van der Waals surface area (Å²) in [5.74, 6) is 0. The number of pyridine rings is 1. The number of aryl methyl sites for hydroxylation is 1. The molecule has 1 radical (unpaired) electrons. The third-order valence-corrected chi connectivity index (χ3v) is 2.46. The van der Waals surface area contributed by atoms with E-state index in [-0.39, 0.29) is 0 Å². The Balaban J connectivity index is 1.59. The van der Waals surface area contributed by atoms with Gasteiger partial charge >= 0.3 is 0 Å². The van der Waals surface area contributed by atoms with Crippen LogP contribution in [0.3, 0.4) is 0 Å². The number of nitrogens with zero attached hydrogens (tertiary/aromatic N) is 3. The largest absolute Gasteiger partial charge is 0.337 e. The molecule has 0 bridgehead atoms. The summed E-state index contributed by atoms with van der Waals surface area (Å²) >= 11 is 0. The molecule has 0 aliphatic carbocycles. The van der Waals surface area contributed by atoms with Gasteiger partial charge in [-0.3, -0.25) is 4.98 Å². The first-order valence-corrected chi connectivity index (χ1v) is 5.62. The van der Waals surface area contributed by atoms with Crippen LogP contribution in [-0.2, 0) is 13.0 Å². The molecule has 0 N–H and O–H groups in total. The maximum Gasteiger partial charge on any atom is 0.0945 e. The molecule has 2 aromatic heterocycles. The fourth-order valence-electron chi connectivity index (χ4n) is 1.61.